The molecular weight excluding hydrogens is 284 g/mol. The summed E-state index contributed by atoms with van der Waals surface area (Å²) in [5.74, 6) is 3.75. The summed E-state index contributed by atoms with van der Waals surface area (Å²) in [6.45, 7) is 0.608. The van der Waals surface area contributed by atoms with Crippen molar-refractivity contribution in [3.05, 3.63) is 0 Å². The number of nitrogens with two attached hydrogens (primary N) is 1. The Morgan fingerprint density at radius 2 is 1.62 bits per heavy atom. The third-order valence-corrected chi connectivity index (χ3v) is 6.49. The molecule has 0 aromatic carbocycles. The summed E-state index contributed by atoms with van der Waals surface area (Å²) in [6, 6.07) is 0.247. The van der Waals surface area contributed by atoms with Gasteiger partial charge in [0.25, 0.3) is 0 Å². The van der Waals surface area contributed by atoms with Crippen molar-refractivity contribution in [2.24, 2.45) is 34.8 Å². The lowest BCUT2D eigenvalue weighted by Gasteiger charge is -2.56. The molecule has 0 spiro atoms. The first-order valence-corrected chi connectivity index (χ1v) is 8.65. The van der Waals surface area contributed by atoms with E-state index in [0.717, 1.165) is 24.2 Å². The van der Waals surface area contributed by atoms with Crippen LogP contribution < -0.4 is 11.1 Å². The number of carbonyl (C=O) groups excluding carboxylic acids is 1. The molecule has 0 aromatic heterocycles. The van der Waals surface area contributed by atoms with Gasteiger partial charge in [0, 0.05) is 19.0 Å². The van der Waals surface area contributed by atoms with Gasteiger partial charge < -0.3 is 11.1 Å². The molecule has 3 nitrogen and oxygen atoms in total. The van der Waals surface area contributed by atoms with Gasteiger partial charge in [-0.3, -0.25) is 4.79 Å². The SMILES string of the molecule is Cl.NCC(NC(=O)CC12CC3CC(CC(C3)C1)C2)C1CC1. The van der Waals surface area contributed by atoms with Gasteiger partial charge in [0.15, 0.2) is 0 Å². The summed E-state index contributed by atoms with van der Waals surface area (Å²) in [6.07, 6.45) is 11.6. The molecule has 0 aliphatic heterocycles. The molecule has 0 heterocycles. The zero-order chi connectivity index (χ0) is 13.7. The smallest absolute Gasteiger partial charge is 0.220 e. The van der Waals surface area contributed by atoms with Crippen molar-refractivity contribution in [2.75, 3.05) is 6.54 Å². The summed E-state index contributed by atoms with van der Waals surface area (Å²) < 4.78 is 0. The fraction of sp³-hybridized carbons (Fsp3) is 0.941. The largest absolute Gasteiger partial charge is 0.352 e. The van der Waals surface area contributed by atoms with Crippen LogP contribution in [0.15, 0.2) is 0 Å². The van der Waals surface area contributed by atoms with Gasteiger partial charge in [-0.15, -0.1) is 12.4 Å². The van der Waals surface area contributed by atoms with Crippen molar-refractivity contribution in [1.29, 1.82) is 0 Å². The first-order chi connectivity index (χ1) is 9.66. The second kappa shape index (κ2) is 5.73. The second-order valence-electron chi connectivity index (χ2n) is 8.34. The van der Waals surface area contributed by atoms with E-state index in [1.165, 1.54) is 51.4 Å². The first kappa shape index (κ1) is 15.6. The molecule has 0 aromatic rings. The highest BCUT2D eigenvalue weighted by Gasteiger charge is 2.51. The minimum absolute atomic E-state index is 0. The third kappa shape index (κ3) is 3.10. The lowest BCUT2D eigenvalue weighted by atomic mass is 9.49. The van der Waals surface area contributed by atoms with E-state index in [2.05, 4.69) is 5.32 Å². The van der Waals surface area contributed by atoms with Crippen LogP contribution in [-0.2, 0) is 4.79 Å². The van der Waals surface area contributed by atoms with Crippen LogP contribution in [0.3, 0.4) is 0 Å². The molecule has 1 atom stereocenters. The summed E-state index contributed by atoms with van der Waals surface area (Å²) >= 11 is 0. The van der Waals surface area contributed by atoms with E-state index in [4.69, 9.17) is 5.73 Å². The van der Waals surface area contributed by atoms with Gasteiger partial charge in [0.05, 0.1) is 0 Å². The van der Waals surface area contributed by atoms with Gasteiger partial charge in [0.1, 0.15) is 0 Å². The Morgan fingerprint density at radius 1 is 1.10 bits per heavy atom. The molecular formula is C17H29ClN2O. The highest BCUT2D eigenvalue weighted by atomic mass is 35.5. The zero-order valence-corrected chi connectivity index (χ0v) is 13.7. The number of carbonyl (C=O) groups is 1. The van der Waals surface area contributed by atoms with E-state index in [0.29, 0.717) is 17.9 Å². The molecule has 4 heteroatoms. The average molecular weight is 313 g/mol. The van der Waals surface area contributed by atoms with Crippen molar-refractivity contribution >= 4 is 18.3 Å². The highest BCUT2D eigenvalue weighted by Crippen LogP contribution is 2.61. The zero-order valence-electron chi connectivity index (χ0n) is 12.9. The molecule has 4 bridgehead atoms. The predicted octanol–water partition coefficient (Wildman–Crippen LogP) is 2.87. The van der Waals surface area contributed by atoms with Crippen LogP contribution in [0.25, 0.3) is 0 Å². The molecule has 3 N–H and O–H groups in total. The lowest BCUT2D eigenvalue weighted by Crippen LogP contribution is -2.49. The van der Waals surface area contributed by atoms with Crippen LogP contribution in [0.4, 0.5) is 0 Å². The van der Waals surface area contributed by atoms with E-state index >= 15 is 0 Å². The van der Waals surface area contributed by atoms with Gasteiger partial charge in [-0.25, -0.2) is 0 Å². The molecule has 1 unspecified atom stereocenters. The second-order valence-corrected chi connectivity index (χ2v) is 8.34. The Labute approximate surface area is 134 Å². The maximum Gasteiger partial charge on any atom is 0.220 e. The fourth-order valence-corrected chi connectivity index (χ4v) is 5.97. The minimum Gasteiger partial charge on any atom is -0.352 e. The fourth-order valence-electron chi connectivity index (χ4n) is 5.97. The van der Waals surface area contributed by atoms with Crippen LogP contribution in [0.1, 0.15) is 57.8 Å². The van der Waals surface area contributed by atoms with Crippen molar-refractivity contribution in [2.45, 2.75) is 63.8 Å². The molecule has 5 fully saturated rings. The molecule has 0 saturated heterocycles. The standard InChI is InChI=1S/C17H28N2O.ClH/c18-10-15(14-1-2-14)19-16(20)9-17-6-11-3-12(7-17)5-13(4-11)8-17;/h11-15H,1-10,18H2,(H,19,20);1H. The summed E-state index contributed by atoms with van der Waals surface area (Å²) in [5, 5.41) is 3.24. The number of halogens is 1. The van der Waals surface area contributed by atoms with Crippen LogP contribution >= 0.6 is 12.4 Å². The first-order valence-electron chi connectivity index (χ1n) is 8.65. The van der Waals surface area contributed by atoms with E-state index in [-0.39, 0.29) is 24.4 Å². The van der Waals surface area contributed by atoms with E-state index in [9.17, 15) is 4.79 Å². The summed E-state index contributed by atoms with van der Waals surface area (Å²) in [7, 11) is 0. The Balaban J connectivity index is 0.00000132. The Morgan fingerprint density at radius 3 is 2.05 bits per heavy atom. The molecule has 5 saturated carbocycles. The maximum absolute atomic E-state index is 12.5. The minimum atomic E-state index is 0. The molecule has 5 aliphatic rings. The number of hydrogen-bond donors (Lipinski definition) is 2. The maximum atomic E-state index is 12.5. The lowest BCUT2D eigenvalue weighted by molar-refractivity contribution is -0.130. The summed E-state index contributed by atoms with van der Waals surface area (Å²) in [5.41, 5.74) is 6.17. The Hall–Kier alpha value is -0.280. The van der Waals surface area contributed by atoms with Gasteiger partial charge in [-0.2, -0.15) is 0 Å². The average Bonchev–Trinajstić information content (AvgIpc) is 3.17. The molecule has 1 amide bonds. The summed E-state index contributed by atoms with van der Waals surface area (Å²) in [4.78, 5) is 12.5. The molecule has 0 radical (unpaired) electrons. The Bertz CT molecular complexity index is 372. The molecule has 120 valence electrons. The monoisotopic (exact) mass is 312 g/mol. The van der Waals surface area contributed by atoms with Gasteiger partial charge in [0.2, 0.25) is 5.91 Å². The van der Waals surface area contributed by atoms with E-state index < -0.39 is 0 Å². The van der Waals surface area contributed by atoms with Gasteiger partial charge in [-0.1, -0.05) is 0 Å². The predicted molar refractivity (Wildman–Crippen MR) is 86.2 cm³/mol. The number of rotatable bonds is 5. The van der Waals surface area contributed by atoms with Crippen molar-refractivity contribution in [1.82, 2.24) is 5.32 Å². The molecule has 5 rings (SSSR count). The van der Waals surface area contributed by atoms with E-state index in [1.807, 2.05) is 0 Å². The van der Waals surface area contributed by atoms with Crippen LogP contribution in [0, 0.1) is 29.1 Å². The normalized spacial score (nSPS) is 41.5. The van der Waals surface area contributed by atoms with Crippen molar-refractivity contribution in [3.63, 3.8) is 0 Å². The van der Waals surface area contributed by atoms with Crippen molar-refractivity contribution in [3.8, 4) is 0 Å². The van der Waals surface area contributed by atoms with Crippen LogP contribution in [-0.4, -0.2) is 18.5 Å². The van der Waals surface area contributed by atoms with Crippen LogP contribution in [0.5, 0.6) is 0 Å². The highest BCUT2D eigenvalue weighted by molar-refractivity contribution is 5.85. The third-order valence-electron chi connectivity index (χ3n) is 6.49. The van der Waals surface area contributed by atoms with Crippen LogP contribution in [0.2, 0.25) is 0 Å². The van der Waals surface area contributed by atoms with Crippen molar-refractivity contribution < 1.29 is 4.79 Å². The quantitative estimate of drug-likeness (QED) is 0.820. The molecule has 21 heavy (non-hydrogen) atoms. The number of nitrogens with one attached hydrogen (secondary N) is 1. The van der Waals surface area contributed by atoms with Gasteiger partial charge >= 0.3 is 0 Å². The number of hydrogen-bond acceptors (Lipinski definition) is 2. The molecule has 5 aliphatic carbocycles. The number of amides is 1. The Kier molecular flexibility index (Phi) is 4.26. The van der Waals surface area contributed by atoms with E-state index in [1.54, 1.807) is 0 Å². The van der Waals surface area contributed by atoms with Gasteiger partial charge in [-0.05, 0) is 80.5 Å². The topological polar surface area (TPSA) is 55.1 Å².